The SMILES string of the molecule is Nc1ncnc2c1ncn2[C@@H]1O[C@H](COS(=O)(=O)NC(=O)CCC(=O)c2ccccc2C2C(=O)C(=O)C2O)[C@@H](O)[C@H]1O. The molecular formula is C24H24N6O11S. The lowest BCUT2D eigenvalue weighted by atomic mass is 9.72. The number of hydrogen-bond acceptors (Lipinski definition) is 15. The molecule has 17 nitrogen and oxygen atoms in total. The van der Waals surface area contributed by atoms with Crippen LogP contribution in [0.4, 0.5) is 5.82 Å². The van der Waals surface area contributed by atoms with Crippen LogP contribution in [-0.4, -0.2) is 97.5 Å². The molecule has 2 aromatic heterocycles. The van der Waals surface area contributed by atoms with E-state index in [0.717, 1.165) is 6.33 Å². The van der Waals surface area contributed by atoms with Gasteiger partial charge in [0.1, 0.15) is 36.3 Å². The largest absolute Gasteiger partial charge is 0.387 e. The minimum absolute atomic E-state index is 0.00890. The smallest absolute Gasteiger partial charge is 0.362 e. The maximum absolute atomic E-state index is 12.7. The number of carbonyl (C=O) groups is 4. The molecule has 5 rings (SSSR count). The lowest BCUT2D eigenvalue weighted by Crippen LogP contribution is -2.51. The number of nitrogens with two attached hydrogens (primary N) is 1. The van der Waals surface area contributed by atoms with Gasteiger partial charge in [0.05, 0.1) is 18.9 Å². The predicted molar refractivity (Wildman–Crippen MR) is 137 cm³/mol. The number of rotatable bonds is 10. The number of imidazole rings is 1. The number of aromatic nitrogens is 4. The second kappa shape index (κ2) is 11.2. The zero-order valence-electron chi connectivity index (χ0n) is 21.4. The fourth-order valence-corrected chi connectivity index (χ4v) is 5.48. The number of nitrogens with zero attached hydrogens (tertiary/aromatic N) is 4. The van der Waals surface area contributed by atoms with E-state index in [1.54, 1.807) is 4.72 Å². The number of ketones is 3. The summed E-state index contributed by atoms with van der Waals surface area (Å²) in [6.45, 7) is -0.788. The summed E-state index contributed by atoms with van der Waals surface area (Å²) in [7, 11) is -4.73. The summed E-state index contributed by atoms with van der Waals surface area (Å²) >= 11 is 0. The van der Waals surface area contributed by atoms with Crippen LogP contribution in [0.25, 0.3) is 11.2 Å². The van der Waals surface area contributed by atoms with Gasteiger partial charge < -0.3 is 25.8 Å². The number of nitrogens with one attached hydrogen (secondary N) is 1. The van der Waals surface area contributed by atoms with Crippen LogP contribution in [0, 0.1) is 0 Å². The van der Waals surface area contributed by atoms with E-state index >= 15 is 0 Å². The zero-order valence-corrected chi connectivity index (χ0v) is 22.2. The molecule has 2 aliphatic rings. The first-order valence-corrected chi connectivity index (χ1v) is 13.8. The normalized spacial score (nSPS) is 25.9. The van der Waals surface area contributed by atoms with Crippen LogP contribution >= 0.6 is 0 Å². The van der Waals surface area contributed by atoms with Gasteiger partial charge in [-0.15, -0.1) is 0 Å². The maximum Gasteiger partial charge on any atom is 0.362 e. The molecule has 1 saturated heterocycles. The van der Waals surface area contributed by atoms with Gasteiger partial charge in [0.2, 0.25) is 17.5 Å². The van der Waals surface area contributed by atoms with Crippen molar-refractivity contribution in [3.8, 4) is 0 Å². The van der Waals surface area contributed by atoms with Gasteiger partial charge in [-0.1, -0.05) is 24.3 Å². The summed E-state index contributed by atoms with van der Waals surface area (Å²) in [5.41, 5.74) is 6.31. The Bertz CT molecular complexity index is 1690. The van der Waals surface area contributed by atoms with Crippen molar-refractivity contribution in [3.05, 3.63) is 48.0 Å². The number of aliphatic hydroxyl groups excluding tert-OH is 3. The monoisotopic (exact) mass is 604 g/mol. The van der Waals surface area contributed by atoms with Gasteiger partial charge in [-0.05, 0) is 5.56 Å². The topological polar surface area (TPSA) is 263 Å². The van der Waals surface area contributed by atoms with Crippen LogP contribution in [0.1, 0.15) is 40.9 Å². The number of nitrogen functional groups attached to an aromatic ring is 1. The minimum atomic E-state index is -4.73. The third-order valence-electron chi connectivity index (χ3n) is 6.91. The Morgan fingerprint density at radius 2 is 1.79 bits per heavy atom. The average molecular weight is 605 g/mol. The average Bonchev–Trinajstić information content (AvgIpc) is 3.52. The molecule has 3 heterocycles. The van der Waals surface area contributed by atoms with E-state index in [9.17, 15) is 42.9 Å². The zero-order chi connectivity index (χ0) is 30.3. The molecule has 42 heavy (non-hydrogen) atoms. The molecule has 1 aliphatic heterocycles. The standard InChI is InChI=1S/C24H24N6O11S/c25-22-16-23(27-8-26-22)30(9-28-16)24-21(37)17(33)13(41-24)7-40-42(38,39)29-14(32)6-5-12(31)10-3-1-2-4-11(10)15-18(34)20(36)19(15)35/h1-4,8-9,13,15,17-18,21,24,33-34,37H,5-7H2,(H,29,32)(H2,25,26,27)/t13-,15?,17-,18?,21-,24-/m1/s1. The molecule has 2 fully saturated rings. The van der Waals surface area contributed by atoms with Gasteiger partial charge in [-0.3, -0.25) is 27.9 Å². The van der Waals surface area contributed by atoms with Crippen molar-refractivity contribution in [2.75, 3.05) is 12.3 Å². The van der Waals surface area contributed by atoms with E-state index in [4.69, 9.17) is 14.7 Å². The fraction of sp³-hybridized carbons (Fsp3) is 0.375. The first-order valence-electron chi connectivity index (χ1n) is 12.4. The number of ether oxygens (including phenoxy) is 1. The predicted octanol–water partition coefficient (Wildman–Crippen LogP) is -2.34. The van der Waals surface area contributed by atoms with Crippen LogP contribution in [0.15, 0.2) is 36.9 Å². The highest BCUT2D eigenvalue weighted by molar-refractivity contribution is 7.85. The molecule has 1 saturated carbocycles. The molecular weight excluding hydrogens is 580 g/mol. The van der Waals surface area contributed by atoms with Gasteiger partial charge in [0.25, 0.3) is 0 Å². The number of Topliss-reactive ketones (excluding diaryl/α,β-unsaturated/α-hetero) is 3. The van der Waals surface area contributed by atoms with E-state index < -0.39 is 89.6 Å². The number of amides is 1. The maximum atomic E-state index is 12.7. The van der Waals surface area contributed by atoms with Crippen molar-refractivity contribution < 1.29 is 51.8 Å². The van der Waals surface area contributed by atoms with E-state index in [0.29, 0.717) is 0 Å². The van der Waals surface area contributed by atoms with Crippen LogP contribution in [0.5, 0.6) is 0 Å². The number of aliphatic hydroxyl groups is 3. The number of anilines is 1. The van der Waals surface area contributed by atoms with Gasteiger partial charge in [-0.2, -0.15) is 8.42 Å². The summed E-state index contributed by atoms with van der Waals surface area (Å²) in [6, 6.07) is 5.77. The van der Waals surface area contributed by atoms with Crippen molar-refractivity contribution in [1.29, 1.82) is 0 Å². The van der Waals surface area contributed by atoms with Gasteiger partial charge in [0.15, 0.2) is 23.5 Å². The van der Waals surface area contributed by atoms with Crippen LogP contribution in [0.3, 0.4) is 0 Å². The second-order valence-corrected chi connectivity index (χ2v) is 10.9. The number of hydrogen-bond donors (Lipinski definition) is 5. The van der Waals surface area contributed by atoms with Gasteiger partial charge in [0, 0.05) is 18.4 Å². The van der Waals surface area contributed by atoms with E-state index in [2.05, 4.69) is 15.0 Å². The molecule has 2 unspecified atom stereocenters. The van der Waals surface area contributed by atoms with Crippen LogP contribution in [0.2, 0.25) is 0 Å². The molecule has 6 atom stereocenters. The number of carbonyl (C=O) groups excluding carboxylic acids is 4. The summed E-state index contributed by atoms with van der Waals surface area (Å²) in [6.07, 6.45) is -5.90. The fourth-order valence-electron chi connectivity index (χ4n) is 4.72. The molecule has 0 bridgehead atoms. The Kier molecular flexibility index (Phi) is 7.84. The molecule has 1 aromatic carbocycles. The third kappa shape index (κ3) is 5.38. The highest BCUT2D eigenvalue weighted by Crippen LogP contribution is 2.34. The van der Waals surface area contributed by atoms with Crippen LogP contribution < -0.4 is 10.5 Å². The molecule has 1 aliphatic carbocycles. The summed E-state index contributed by atoms with van der Waals surface area (Å²) < 4.78 is 37.9. The van der Waals surface area contributed by atoms with E-state index in [1.807, 2.05) is 0 Å². The Balaban J connectivity index is 1.15. The summed E-state index contributed by atoms with van der Waals surface area (Å²) in [5.74, 6) is -4.63. The quantitative estimate of drug-likeness (QED) is 0.120. The molecule has 222 valence electrons. The Morgan fingerprint density at radius 3 is 2.52 bits per heavy atom. The highest BCUT2D eigenvalue weighted by atomic mass is 32.2. The van der Waals surface area contributed by atoms with Crippen molar-refractivity contribution in [1.82, 2.24) is 24.2 Å². The Morgan fingerprint density at radius 1 is 1.05 bits per heavy atom. The lowest BCUT2D eigenvalue weighted by Gasteiger charge is -2.30. The van der Waals surface area contributed by atoms with E-state index in [-0.39, 0.29) is 28.1 Å². The van der Waals surface area contributed by atoms with Crippen molar-refractivity contribution >= 4 is 50.5 Å². The second-order valence-electron chi connectivity index (χ2n) is 9.55. The molecule has 0 spiro atoms. The molecule has 3 aromatic rings. The van der Waals surface area contributed by atoms with Crippen LogP contribution in [-0.2, 0) is 33.6 Å². The Labute approximate surface area is 236 Å². The van der Waals surface area contributed by atoms with Crippen molar-refractivity contribution in [2.24, 2.45) is 0 Å². The van der Waals surface area contributed by atoms with Crippen molar-refractivity contribution in [3.63, 3.8) is 0 Å². The first-order chi connectivity index (χ1) is 19.9. The Hall–Kier alpha value is -4.20. The summed E-state index contributed by atoms with van der Waals surface area (Å²) in [4.78, 5) is 60.2. The molecule has 0 radical (unpaired) electrons. The van der Waals surface area contributed by atoms with Gasteiger partial charge >= 0.3 is 10.3 Å². The van der Waals surface area contributed by atoms with Gasteiger partial charge in [-0.25, -0.2) is 19.7 Å². The lowest BCUT2D eigenvalue weighted by molar-refractivity contribution is -0.154. The van der Waals surface area contributed by atoms with Crippen molar-refractivity contribution in [2.45, 2.75) is 49.4 Å². The summed E-state index contributed by atoms with van der Waals surface area (Å²) in [5, 5.41) is 30.7. The molecule has 6 N–H and O–H groups in total. The molecule has 18 heteroatoms. The number of fused-ring (bicyclic) bond motifs is 1. The first kappa shape index (κ1) is 29.3. The highest BCUT2D eigenvalue weighted by Gasteiger charge is 2.50. The molecule has 1 amide bonds. The number of benzene rings is 1. The third-order valence-corrected chi connectivity index (χ3v) is 7.83. The minimum Gasteiger partial charge on any atom is -0.387 e. The van der Waals surface area contributed by atoms with E-state index in [1.165, 1.54) is 35.2 Å².